The van der Waals surface area contributed by atoms with Gasteiger partial charge < -0.3 is 10.1 Å². The molecule has 0 aliphatic heterocycles. The van der Waals surface area contributed by atoms with Gasteiger partial charge in [0.2, 0.25) is 0 Å². The maximum Gasteiger partial charge on any atom is 0.343 e. The number of carbonyl (C=O) groups is 3. The first-order valence-corrected chi connectivity index (χ1v) is 9.77. The van der Waals surface area contributed by atoms with Crippen molar-refractivity contribution in [3.63, 3.8) is 0 Å². The average Bonchev–Trinajstić information content (AvgIpc) is 2.82. The van der Waals surface area contributed by atoms with Crippen LogP contribution in [0.3, 0.4) is 0 Å². The zero-order chi connectivity index (χ0) is 24.7. The van der Waals surface area contributed by atoms with Gasteiger partial charge in [0.05, 0.1) is 21.7 Å². The van der Waals surface area contributed by atoms with Gasteiger partial charge in [-0.3, -0.25) is 19.7 Å². The van der Waals surface area contributed by atoms with Gasteiger partial charge >= 0.3 is 17.8 Å². The minimum absolute atomic E-state index is 0.134. The fourth-order valence-corrected chi connectivity index (χ4v) is 2.67. The molecule has 172 valence electrons. The van der Waals surface area contributed by atoms with Gasteiger partial charge in [0, 0.05) is 17.8 Å². The molecule has 0 saturated heterocycles. The van der Waals surface area contributed by atoms with Crippen LogP contribution in [0.15, 0.2) is 71.8 Å². The summed E-state index contributed by atoms with van der Waals surface area (Å²) in [7, 11) is 0. The number of nitro benzene ring substituents is 1. The predicted molar refractivity (Wildman–Crippen MR) is 120 cm³/mol. The van der Waals surface area contributed by atoms with Crippen LogP contribution in [0.4, 0.5) is 15.8 Å². The summed E-state index contributed by atoms with van der Waals surface area (Å²) in [5, 5.41) is 16.4. The molecule has 0 aromatic heterocycles. The van der Waals surface area contributed by atoms with E-state index in [4.69, 9.17) is 16.3 Å². The molecule has 3 aromatic carbocycles. The average molecular weight is 485 g/mol. The van der Waals surface area contributed by atoms with E-state index >= 15 is 0 Å². The SMILES string of the molecule is O=C(N/N=C/c1ccc(OC(=O)c2ccc([N+](=O)[O-])cc2)cc1)C(=O)Nc1ccc(F)c(Cl)c1. The molecule has 0 atom stereocenters. The molecule has 34 heavy (non-hydrogen) atoms. The van der Waals surface area contributed by atoms with Crippen LogP contribution in [0, 0.1) is 15.9 Å². The van der Waals surface area contributed by atoms with Gasteiger partial charge in [-0.1, -0.05) is 11.6 Å². The number of nitrogens with one attached hydrogen (secondary N) is 2. The van der Waals surface area contributed by atoms with E-state index in [0.29, 0.717) is 5.56 Å². The third-order valence-corrected chi connectivity index (χ3v) is 4.46. The lowest BCUT2D eigenvalue weighted by Crippen LogP contribution is -2.32. The Kier molecular flexibility index (Phi) is 7.62. The second-order valence-corrected chi connectivity index (χ2v) is 6.95. The third-order valence-electron chi connectivity index (χ3n) is 4.17. The summed E-state index contributed by atoms with van der Waals surface area (Å²) >= 11 is 5.61. The number of hydrazone groups is 1. The van der Waals surface area contributed by atoms with Crippen LogP contribution in [-0.2, 0) is 9.59 Å². The lowest BCUT2D eigenvalue weighted by Gasteiger charge is -2.05. The van der Waals surface area contributed by atoms with Crippen LogP contribution < -0.4 is 15.5 Å². The van der Waals surface area contributed by atoms with Crippen LogP contribution in [0.25, 0.3) is 0 Å². The summed E-state index contributed by atoms with van der Waals surface area (Å²) < 4.78 is 18.3. The summed E-state index contributed by atoms with van der Waals surface area (Å²) in [5.74, 6) is -3.25. The number of non-ortho nitro benzene ring substituents is 1. The van der Waals surface area contributed by atoms with Crippen molar-refractivity contribution < 1.29 is 28.4 Å². The largest absolute Gasteiger partial charge is 0.423 e. The lowest BCUT2D eigenvalue weighted by atomic mass is 10.2. The normalized spacial score (nSPS) is 10.5. The highest BCUT2D eigenvalue weighted by molar-refractivity contribution is 6.39. The number of esters is 1. The summed E-state index contributed by atoms with van der Waals surface area (Å²) in [5.41, 5.74) is 2.68. The molecule has 3 rings (SSSR count). The molecule has 3 aromatic rings. The van der Waals surface area contributed by atoms with Crippen molar-refractivity contribution in [2.75, 3.05) is 5.32 Å². The van der Waals surface area contributed by atoms with E-state index < -0.39 is 28.5 Å². The summed E-state index contributed by atoms with van der Waals surface area (Å²) in [6, 6.07) is 14.4. The number of benzene rings is 3. The van der Waals surface area contributed by atoms with E-state index in [1.165, 1.54) is 60.8 Å². The lowest BCUT2D eigenvalue weighted by molar-refractivity contribution is -0.384. The maximum atomic E-state index is 13.1. The quantitative estimate of drug-likeness (QED) is 0.136. The van der Waals surface area contributed by atoms with Crippen LogP contribution in [0.2, 0.25) is 5.02 Å². The van der Waals surface area contributed by atoms with Crippen molar-refractivity contribution in [3.8, 4) is 5.75 Å². The minimum atomic E-state index is -1.06. The first kappa shape index (κ1) is 24.0. The number of ether oxygens (including phenoxy) is 1. The molecule has 0 aliphatic carbocycles. The zero-order valence-electron chi connectivity index (χ0n) is 17.0. The van der Waals surface area contributed by atoms with Gasteiger partial charge in [-0.15, -0.1) is 0 Å². The van der Waals surface area contributed by atoms with Gasteiger partial charge in [-0.05, 0) is 60.2 Å². The van der Waals surface area contributed by atoms with Gasteiger partial charge in [0.15, 0.2) is 0 Å². The standard InChI is InChI=1S/C22H14ClFN4O6/c23-18-11-15(5-10-19(18)24)26-20(29)21(30)27-25-12-13-1-8-17(9-2-13)34-22(31)14-3-6-16(7-4-14)28(32)33/h1-12H,(H,26,29)(H,27,30)/b25-12+. The minimum Gasteiger partial charge on any atom is -0.423 e. The Hall–Kier alpha value is -4.64. The zero-order valence-corrected chi connectivity index (χ0v) is 17.8. The van der Waals surface area contributed by atoms with Gasteiger partial charge in [0.25, 0.3) is 5.69 Å². The second-order valence-electron chi connectivity index (χ2n) is 6.54. The first-order valence-electron chi connectivity index (χ1n) is 9.39. The number of hydrogen-bond acceptors (Lipinski definition) is 7. The molecule has 0 radical (unpaired) electrons. The van der Waals surface area contributed by atoms with Gasteiger partial charge in [-0.2, -0.15) is 5.10 Å². The highest BCUT2D eigenvalue weighted by atomic mass is 35.5. The van der Waals surface area contributed by atoms with Crippen LogP contribution in [0.1, 0.15) is 15.9 Å². The molecule has 2 N–H and O–H groups in total. The molecule has 12 heteroatoms. The van der Waals surface area contributed by atoms with Crippen molar-refractivity contribution in [2.24, 2.45) is 5.10 Å². The van der Waals surface area contributed by atoms with Gasteiger partial charge in [-0.25, -0.2) is 14.6 Å². The number of halogens is 2. The van der Waals surface area contributed by atoms with E-state index in [1.807, 2.05) is 5.43 Å². The van der Waals surface area contributed by atoms with E-state index in [1.54, 1.807) is 0 Å². The smallest absolute Gasteiger partial charge is 0.343 e. The number of hydrogen-bond donors (Lipinski definition) is 2. The van der Waals surface area contributed by atoms with Crippen LogP contribution >= 0.6 is 11.6 Å². The number of amides is 2. The van der Waals surface area contributed by atoms with E-state index in [-0.39, 0.29) is 27.7 Å². The monoisotopic (exact) mass is 484 g/mol. The second kappa shape index (κ2) is 10.8. The molecule has 0 fully saturated rings. The maximum absolute atomic E-state index is 13.1. The van der Waals surface area contributed by atoms with Crippen molar-refractivity contribution in [2.45, 2.75) is 0 Å². The van der Waals surface area contributed by atoms with Crippen molar-refractivity contribution in [3.05, 3.63) is 98.8 Å². The summed E-state index contributed by atoms with van der Waals surface area (Å²) in [4.78, 5) is 45.9. The number of carbonyl (C=O) groups excluding carboxylic acids is 3. The Bertz CT molecular complexity index is 1280. The highest BCUT2D eigenvalue weighted by Crippen LogP contribution is 2.19. The third kappa shape index (κ3) is 6.43. The van der Waals surface area contributed by atoms with E-state index in [2.05, 4.69) is 10.4 Å². The van der Waals surface area contributed by atoms with Crippen molar-refractivity contribution in [1.82, 2.24) is 5.43 Å². The number of nitrogens with zero attached hydrogens (tertiary/aromatic N) is 2. The van der Waals surface area contributed by atoms with Crippen LogP contribution in [-0.4, -0.2) is 28.9 Å². The summed E-state index contributed by atoms with van der Waals surface area (Å²) in [6.07, 6.45) is 1.25. The van der Waals surface area contributed by atoms with Gasteiger partial charge in [0.1, 0.15) is 11.6 Å². The molecule has 10 nitrogen and oxygen atoms in total. The Labute approximate surface area is 196 Å². The van der Waals surface area contributed by atoms with E-state index in [0.717, 1.165) is 12.1 Å². The number of nitro groups is 1. The molecule has 0 bridgehead atoms. The topological polar surface area (TPSA) is 140 Å². The fraction of sp³-hybridized carbons (Fsp3) is 0. The Morgan fingerprint density at radius 1 is 1.00 bits per heavy atom. The Morgan fingerprint density at radius 2 is 1.68 bits per heavy atom. The molecule has 0 spiro atoms. The molecule has 0 saturated carbocycles. The number of rotatable bonds is 6. The molecular weight excluding hydrogens is 471 g/mol. The van der Waals surface area contributed by atoms with E-state index in [9.17, 15) is 28.9 Å². The summed E-state index contributed by atoms with van der Waals surface area (Å²) in [6.45, 7) is 0. The Morgan fingerprint density at radius 3 is 2.29 bits per heavy atom. The fourth-order valence-electron chi connectivity index (χ4n) is 2.49. The molecule has 0 unspecified atom stereocenters. The molecule has 0 aliphatic rings. The molecule has 2 amide bonds. The van der Waals surface area contributed by atoms with Crippen molar-refractivity contribution >= 4 is 47.0 Å². The Balaban J connectivity index is 1.51. The molecular formula is C22H14ClFN4O6. The molecule has 0 heterocycles. The predicted octanol–water partition coefficient (Wildman–Crippen LogP) is 3.70. The number of anilines is 1. The first-order chi connectivity index (χ1) is 16.2. The highest BCUT2D eigenvalue weighted by Gasteiger charge is 2.14. The van der Waals surface area contributed by atoms with Crippen molar-refractivity contribution in [1.29, 1.82) is 0 Å². The van der Waals surface area contributed by atoms with Crippen LogP contribution in [0.5, 0.6) is 5.75 Å².